The number of hydrogen-bond donors (Lipinski definition) is 0. The quantitative estimate of drug-likeness (QED) is 0.668. The van der Waals surface area contributed by atoms with Crippen LogP contribution in [0.25, 0.3) is 0 Å². The molecule has 0 saturated heterocycles. The summed E-state index contributed by atoms with van der Waals surface area (Å²) in [6.45, 7) is 11.6. The minimum absolute atomic E-state index is 0.492. The molecule has 0 heterocycles. The molecule has 0 aromatic heterocycles. The summed E-state index contributed by atoms with van der Waals surface area (Å²) in [5, 5.41) is 0. The Labute approximate surface area is 119 Å². The first-order chi connectivity index (χ1) is 9.05. The van der Waals surface area contributed by atoms with Crippen molar-refractivity contribution in [3.8, 4) is 0 Å². The summed E-state index contributed by atoms with van der Waals surface area (Å²) in [6.07, 6.45) is 5.36. The zero-order valence-corrected chi connectivity index (χ0v) is 13.1. The molecule has 106 valence electrons. The van der Waals surface area contributed by atoms with Gasteiger partial charge in [-0.15, -0.1) is 0 Å². The molecule has 2 rings (SSSR count). The largest absolute Gasteiger partial charge is 0.294 e. The first-order valence-electron chi connectivity index (χ1n) is 7.89. The fourth-order valence-corrected chi connectivity index (χ4v) is 2.61. The van der Waals surface area contributed by atoms with E-state index in [1.165, 1.54) is 43.4 Å². The van der Waals surface area contributed by atoms with Crippen molar-refractivity contribution in [1.82, 2.24) is 4.90 Å². The Hall–Kier alpha value is -0.820. The van der Waals surface area contributed by atoms with Crippen molar-refractivity contribution in [3.05, 3.63) is 35.4 Å². The van der Waals surface area contributed by atoms with Gasteiger partial charge in [0, 0.05) is 12.1 Å². The Morgan fingerprint density at radius 3 is 2.26 bits per heavy atom. The zero-order valence-electron chi connectivity index (χ0n) is 13.1. The number of unbranched alkanes of at least 4 members (excludes halogenated alkanes) is 1. The third-order valence-corrected chi connectivity index (χ3v) is 4.54. The summed E-state index contributed by atoms with van der Waals surface area (Å²) < 4.78 is 0. The molecule has 0 atom stereocenters. The molecule has 0 spiro atoms. The van der Waals surface area contributed by atoms with Gasteiger partial charge in [-0.05, 0) is 49.8 Å². The van der Waals surface area contributed by atoms with Crippen molar-refractivity contribution in [1.29, 1.82) is 0 Å². The summed E-state index contributed by atoms with van der Waals surface area (Å²) in [5.74, 6) is 0.631. The Morgan fingerprint density at radius 2 is 1.79 bits per heavy atom. The van der Waals surface area contributed by atoms with Gasteiger partial charge in [0.2, 0.25) is 0 Å². The lowest BCUT2D eigenvalue weighted by atomic mass is 10.0. The lowest BCUT2D eigenvalue weighted by molar-refractivity contribution is 0.179. The number of nitrogens with zero attached hydrogens (tertiary/aromatic N) is 1. The molecule has 0 radical (unpaired) electrons. The van der Waals surface area contributed by atoms with Gasteiger partial charge in [-0.25, -0.2) is 0 Å². The highest BCUT2D eigenvalue weighted by Crippen LogP contribution is 2.42. The Balaban J connectivity index is 2.00. The molecular weight excluding hydrogens is 230 g/mol. The van der Waals surface area contributed by atoms with Crippen LogP contribution >= 0.6 is 0 Å². The van der Waals surface area contributed by atoms with Crippen LogP contribution in [0.3, 0.4) is 0 Å². The minimum Gasteiger partial charge on any atom is -0.294 e. The zero-order chi connectivity index (χ0) is 13.9. The molecule has 1 aliphatic carbocycles. The van der Waals surface area contributed by atoms with Gasteiger partial charge in [-0.3, -0.25) is 4.90 Å². The fourth-order valence-electron chi connectivity index (χ4n) is 2.61. The van der Waals surface area contributed by atoms with Crippen LogP contribution in [0.4, 0.5) is 0 Å². The molecule has 0 unspecified atom stereocenters. The molecule has 1 aromatic rings. The highest BCUT2D eigenvalue weighted by Gasteiger charge is 2.42. The molecule has 1 heteroatoms. The molecule has 0 amide bonds. The molecule has 1 nitrogen and oxygen atoms in total. The van der Waals surface area contributed by atoms with E-state index in [1.54, 1.807) is 0 Å². The predicted octanol–water partition coefficient (Wildman–Crippen LogP) is 4.96. The number of benzene rings is 1. The van der Waals surface area contributed by atoms with Crippen LogP contribution in [0.5, 0.6) is 0 Å². The second kappa shape index (κ2) is 6.09. The predicted molar refractivity (Wildman–Crippen MR) is 83.5 cm³/mol. The molecule has 1 aromatic carbocycles. The van der Waals surface area contributed by atoms with Crippen LogP contribution in [0.1, 0.15) is 70.4 Å². The van der Waals surface area contributed by atoms with E-state index < -0.39 is 0 Å². The van der Waals surface area contributed by atoms with E-state index in [-0.39, 0.29) is 0 Å². The van der Waals surface area contributed by atoms with Gasteiger partial charge in [0.05, 0.1) is 0 Å². The molecular formula is C18H29N. The van der Waals surface area contributed by atoms with E-state index >= 15 is 0 Å². The van der Waals surface area contributed by atoms with Gasteiger partial charge in [-0.1, -0.05) is 51.5 Å². The van der Waals surface area contributed by atoms with E-state index in [0.717, 1.165) is 6.54 Å². The van der Waals surface area contributed by atoms with Crippen molar-refractivity contribution >= 4 is 0 Å². The molecule has 1 fully saturated rings. The Morgan fingerprint density at radius 1 is 1.16 bits per heavy atom. The van der Waals surface area contributed by atoms with Crippen LogP contribution in [-0.4, -0.2) is 17.0 Å². The highest BCUT2D eigenvalue weighted by molar-refractivity contribution is 5.25. The average molecular weight is 259 g/mol. The standard InChI is InChI=1S/C18H29N/c1-5-6-13-19(18(4)11-12-18)14-16-7-9-17(10-8-16)15(2)3/h7-10,15H,5-6,11-14H2,1-4H3. The molecule has 0 N–H and O–H groups in total. The second-order valence-electron chi connectivity index (χ2n) is 6.67. The van der Waals surface area contributed by atoms with E-state index in [1.807, 2.05) is 0 Å². The normalized spacial score (nSPS) is 17.2. The summed E-state index contributed by atoms with van der Waals surface area (Å²) in [6, 6.07) is 9.24. The SMILES string of the molecule is CCCCN(Cc1ccc(C(C)C)cc1)C1(C)CC1. The van der Waals surface area contributed by atoms with Crippen molar-refractivity contribution in [2.24, 2.45) is 0 Å². The maximum absolute atomic E-state index is 2.70. The van der Waals surface area contributed by atoms with Crippen molar-refractivity contribution in [2.75, 3.05) is 6.54 Å². The Bertz CT molecular complexity index is 387. The smallest absolute Gasteiger partial charge is 0.0239 e. The van der Waals surface area contributed by atoms with E-state index in [0.29, 0.717) is 11.5 Å². The van der Waals surface area contributed by atoms with Crippen LogP contribution in [-0.2, 0) is 6.54 Å². The van der Waals surface area contributed by atoms with E-state index in [4.69, 9.17) is 0 Å². The third-order valence-electron chi connectivity index (χ3n) is 4.54. The average Bonchev–Trinajstić information content (AvgIpc) is 3.14. The lowest BCUT2D eigenvalue weighted by Crippen LogP contribution is -2.35. The van der Waals surface area contributed by atoms with Gasteiger partial charge < -0.3 is 0 Å². The van der Waals surface area contributed by atoms with Crippen molar-refractivity contribution in [3.63, 3.8) is 0 Å². The third kappa shape index (κ3) is 3.82. The topological polar surface area (TPSA) is 3.24 Å². The van der Waals surface area contributed by atoms with Crippen LogP contribution < -0.4 is 0 Å². The molecule has 1 saturated carbocycles. The maximum atomic E-state index is 2.70. The van der Waals surface area contributed by atoms with Gasteiger partial charge in [0.25, 0.3) is 0 Å². The van der Waals surface area contributed by atoms with Crippen LogP contribution in [0.2, 0.25) is 0 Å². The molecule has 0 aliphatic heterocycles. The summed E-state index contributed by atoms with van der Waals surface area (Å²) in [4.78, 5) is 2.70. The maximum Gasteiger partial charge on any atom is 0.0239 e. The van der Waals surface area contributed by atoms with Gasteiger partial charge in [-0.2, -0.15) is 0 Å². The summed E-state index contributed by atoms with van der Waals surface area (Å²) >= 11 is 0. The first kappa shape index (κ1) is 14.6. The van der Waals surface area contributed by atoms with Crippen LogP contribution in [0.15, 0.2) is 24.3 Å². The van der Waals surface area contributed by atoms with E-state index in [9.17, 15) is 0 Å². The summed E-state index contributed by atoms with van der Waals surface area (Å²) in [7, 11) is 0. The number of rotatable bonds is 7. The number of hydrogen-bond acceptors (Lipinski definition) is 1. The summed E-state index contributed by atoms with van der Waals surface area (Å²) in [5.41, 5.74) is 3.40. The molecule has 19 heavy (non-hydrogen) atoms. The van der Waals surface area contributed by atoms with Gasteiger partial charge >= 0.3 is 0 Å². The van der Waals surface area contributed by atoms with Gasteiger partial charge in [0.15, 0.2) is 0 Å². The fraction of sp³-hybridized carbons (Fsp3) is 0.667. The van der Waals surface area contributed by atoms with Crippen molar-refractivity contribution < 1.29 is 0 Å². The van der Waals surface area contributed by atoms with Crippen LogP contribution in [0, 0.1) is 0 Å². The highest BCUT2D eigenvalue weighted by atomic mass is 15.2. The Kier molecular flexibility index (Phi) is 4.67. The molecule has 0 bridgehead atoms. The minimum atomic E-state index is 0.492. The van der Waals surface area contributed by atoms with Crippen molar-refractivity contribution in [2.45, 2.75) is 71.4 Å². The monoisotopic (exact) mass is 259 g/mol. The second-order valence-corrected chi connectivity index (χ2v) is 6.67. The van der Waals surface area contributed by atoms with Gasteiger partial charge in [0.1, 0.15) is 0 Å². The lowest BCUT2D eigenvalue weighted by Gasteiger charge is -2.29. The first-order valence-corrected chi connectivity index (χ1v) is 7.89. The molecule has 1 aliphatic rings. The van der Waals surface area contributed by atoms with E-state index in [2.05, 4.69) is 56.9 Å².